The minimum absolute atomic E-state index is 0.323. The van der Waals surface area contributed by atoms with E-state index in [1.54, 1.807) is 16.3 Å². The van der Waals surface area contributed by atoms with Crippen LogP contribution < -0.4 is 0 Å². The Kier molecular flexibility index (Phi) is 3.50. The van der Waals surface area contributed by atoms with Gasteiger partial charge in [-0.2, -0.15) is 14.9 Å². The molecule has 0 aromatic carbocycles. The lowest BCUT2D eigenvalue weighted by Gasteiger charge is -2.11. The molecule has 8 nitrogen and oxygen atoms in total. The first kappa shape index (κ1) is 13.8. The number of carbonyl (C=O) groups is 1. The Hall–Kier alpha value is -2.16. The summed E-state index contributed by atoms with van der Waals surface area (Å²) in [5.74, 6) is 0.535. The van der Waals surface area contributed by atoms with E-state index in [0.717, 1.165) is 5.69 Å². The van der Waals surface area contributed by atoms with Gasteiger partial charge in [0, 0.05) is 12.7 Å². The molecule has 0 spiro atoms. The van der Waals surface area contributed by atoms with Gasteiger partial charge in [-0.05, 0) is 19.9 Å². The van der Waals surface area contributed by atoms with Crippen LogP contribution in [0.1, 0.15) is 12.6 Å². The molecule has 0 saturated heterocycles. The SMILES string of the molecule is CCOC(=O)C1=Nn2c(nnc2-c2cc(C)n(C)n2)SC1. The fourth-order valence-corrected chi connectivity index (χ4v) is 2.66. The smallest absolute Gasteiger partial charge is 0.355 e. The van der Waals surface area contributed by atoms with Gasteiger partial charge in [0.05, 0.1) is 12.4 Å². The molecule has 0 aliphatic carbocycles. The summed E-state index contributed by atoms with van der Waals surface area (Å²) in [6.45, 7) is 4.04. The predicted molar refractivity (Wildman–Crippen MR) is 77.2 cm³/mol. The van der Waals surface area contributed by atoms with Gasteiger partial charge in [-0.3, -0.25) is 4.68 Å². The summed E-state index contributed by atoms with van der Waals surface area (Å²) < 4.78 is 8.28. The van der Waals surface area contributed by atoms with Crippen molar-refractivity contribution < 1.29 is 9.53 Å². The van der Waals surface area contributed by atoms with Crippen molar-refractivity contribution in [2.75, 3.05) is 12.4 Å². The number of nitrogens with zero attached hydrogens (tertiary/aromatic N) is 6. The van der Waals surface area contributed by atoms with E-state index in [0.29, 0.717) is 34.7 Å². The molecule has 21 heavy (non-hydrogen) atoms. The van der Waals surface area contributed by atoms with Crippen molar-refractivity contribution in [2.24, 2.45) is 12.1 Å². The third-order valence-corrected chi connectivity index (χ3v) is 3.96. The molecule has 9 heteroatoms. The molecule has 0 saturated carbocycles. The Morgan fingerprint density at radius 1 is 1.48 bits per heavy atom. The van der Waals surface area contributed by atoms with Gasteiger partial charge in [-0.15, -0.1) is 10.2 Å². The largest absolute Gasteiger partial charge is 0.461 e. The molecule has 1 aliphatic rings. The molecule has 0 amide bonds. The van der Waals surface area contributed by atoms with Crippen molar-refractivity contribution >= 4 is 23.4 Å². The third kappa shape index (κ3) is 2.44. The molecule has 0 radical (unpaired) electrons. The molecule has 2 aromatic rings. The lowest BCUT2D eigenvalue weighted by Crippen LogP contribution is -2.24. The first-order valence-corrected chi connectivity index (χ1v) is 7.43. The van der Waals surface area contributed by atoms with Gasteiger partial charge in [0.2, 0.25) is 11.0 Å². The van der Waals surface area contributed by atoms with E-state index in [4.69, 9.17) is 4.74 Å². The van der Waals surface area contributed by atoms with Crippen LogP contribution in [0.25, 0.3) is 11.5 Å². The van der Waals surface area contributed by atoms with Crippen LogP contribution in [0, 0.1) is 6.92 Å². The monoisotopic (exact) mass is 306 g/mol. The summed E-state index contributed by atoms with van der Waals surface area (Å²) in [4.78, 5) is 11.8. The fourth-order valence-electron chi connectivity index (χ4n) is 1.87. The van der Waals surface area contributed by atoms with Crippen molar-refractivity contribution in [3.63, 3.8) is 0 Å². The van der Waals surface area contributed by atoms with Crippen LogP contribution in [-0.2, 0) is 16.6 Å². The van der Waals surface area contributed by atoms with Crippen LogP contribution in [0.5, 0.6) is 0 Å². The summed E-state index contributed by atoms with van der Waals surface area (Å²) in [6.07, 6.45) is 0. The van der Waals surface area contributed by atoms with E-state index in [9.17, 15) is 4.79 Å². The highest BCUT2D eigenvalue weighted by atomic mass is 32.2. The molecular formula is C12H14N6O2S. The maximum absolute atomic E-state index is 11.8. The number of rotatable bonds is 3. The van der Waals surface area contributed by atoms with E-state index in [1.165, 1.54) is 11.8 Å². The molecule has 0 unspecified atom stereocenters. The highest BCUT2D eigenvalue weighted by Gasteiger charge is 2.25. The van der Waals surface area contributed by atoms with Gasteiger partial charge in [-0.1, -0.05) is 11.8 Å². The Balaban J connectivity index is 2.01. The lowest BCUT2D eigenvalue weighted by atomic mass is 10.3. The molecule has 0 N–H and O–H groups in total. The standard InChI is InChI=1S/C12H14N6O2S/c1-4-20-11(19)9-6-21-12-14-13-10(18(12)16-9)8-5-7(2)17(3)15-8/h5H,4,6H2,1-3H3. The number of thioether (sulfide) groups is 1. The highest BCUT2D eigenvalue weighted by molar-refractivity contribution is 8.00. The average Bonchev–Trinajstić information content (AvgIpc) is 3.02. The van der Waals surface area contributed by atoms with Crippen LogP contribution >= 0.6 is 11.8 Å². The van der Waals surface area contributed by atoms with Crippen LogP contribution in [0.4, 0.5) is 0 Å². The molecule has 3 rings (SSSR count). The van der Waals surface area contributed by atoms with Gasteiger partial charge < -0.3 is 4.74 Å². The van der Waals surface area contributed by atoms with Gasteiger partial charge in [-0.25, -0.2) is 4.79 Å². The molecule has 2 aromatic heterocycles. The Bertz CT molecular complexity index is 713. The Labute approximate surface area is 125 Å². The number of ether oxygens (including phenoxy) is 1. The first-order valence-electron chi connectivity index (χ1n) is 6.44. The third-order valence-electron chi connectivity index (χ3n) is 3.02. The fraction of sp³-hybridized carbons (Fsp3) is 0.417. The molecule has 3 heterocycles. The van der Waals surface area contributed by atoms with E-state index in [2.05, 4.69) is 20.4 Å². The van der Waals surface area contributed by atoms with Crippen LogP contribution in [-0.4, -0.2) is 48.7 Å². The zero-order valence-corrected chi connectivity index (χ0v) is 12.7. The zero-order valence-electron chi connectivity index (χ0n) is 11.9. The first-order chi connectivity index (χ1) is 10.1. The second-order valence-electron chi connectivity index (χ2n) is 4.47. The summed E-state index contributed by atoms with van der Waals surface area (Å²) in [7, 11) is 1.86. The number of esters is 1. The molecular weight excluding hydrogens is 292 g/mol. The lowest BCUT2D eigenvalue weighted by molar-refractivity contribution is -0.135. The topological polar surface area (TPSA) is 87.2 Å². The normalized spacial score (nSPS) is 13.8. The summed E-state index contributed by atoms with van der Waals surface area (Å²) in [6, 6.07) is 1.90. The summed E-state index contributed by atoms with van der Waals surface area (Å²) in [5.41, 5.74) is 2.02. The minimum Gasteiger partial charge on any atom is -0.461 e. The van der Waals surface area contributed by atoms with E-state index in [1.807, 2.05) is 20.0 Å². The highest BCUT2D eigenvalue weighted by Crippen LogP contribution is 2.26. The number of aryl methyl sites for hydroxylation is 2. The molecule has 0 atom stereocenters. The quantitative estimate of drug-likeness (QED) is 0.782. The van der Waals surface area contributed by atoms with Crippen molar-refractivity contribution in [1.82, 2.24) is 24.7 Å². The summed E-state index contributed by atoms with van der Waals surface area (Å²) in [5, 5.41) is 17.5. The Morgan fingerprint density at radius 2 is 2.29 bits per heavy atom. The number of carbonyl (C=O) groups excluding carboxylic acids is 1. The Morgan fingerprint density at radius 3 is 2.95 bits per heavy atom. The van der Waals surface area contributed by atoms with Crippen molar-refractivity contribution in [2.45, 2.75) is 19.0 Å². The van der Waals surface area contributed by atoms with Crippen LogP contribution in [0.3, 0.4) is 0 Å². The summed E-state index contributed by atoms with van der Waals surface area (Å²) >= 11 is 1.40. The number of hydrogen-bond donors (Lipinski definition) is 0. The van der Waals surface area contributed by atoms with E-state index in [-0.39, 0.29) is 0 Å². The number of fused-ring (bicyclic) bond motifs is 1. The predicted octanol–water partition coefficient (Wildman–Crippen LogP) is 0.860. The minimum atomic E-state index is -0.410. The van der Waals surface area contributed by atoms with Crippen molar-refractivity contribution in [3.8, 4) is 11.5 Å². The van der Waals surface area contributed by atoms with E-state index < -0.39 is 5.97 Å². The maximum atomic E-state index is 11.8. The number of aromatic nitrogens is 5. The molecule has 0 bridgehead atoms. The van der Waals surface area contributed by atoms with Gasteiger partial charge in [0.1, 0.15) is 5.69 Å². The molecule has 110 valence electrons. The van der Waals surface area contributed by atoms with E-state index >= 15 is 0 Å². The second kappa shape index (κ2) is 5.32. The average molecular weight is 306 g/mol. The van der Waals surface area contributed by atoms with Crippen molar-refractivity contribution in [1.29, 1.82) is 0 Å². The van der Waals surface area contributed by atoms with Crippen LogP contribution in [0.15, 0.2) is 16.3 Å². The maximum Gasteiger partial charge on any atom is 0.355 e. The van der Waals surface area contributed by atoms with Crippen molar-refractivity contribution in [3.05, 3.63) is 11.8 Å². The van der Waals surface area contributed by atoms with Gasteiger partial charge in [0.15, 0.2) is 5.71 Å². The number of hydrogen-bond acceptors (Lipinski definition) is 7. The second-order valence-corrected chi connectivity index (χ2v) is 5.41. The zero-order chi connectivity index (χ0) is 15.0. The molecule has 0 fully saturated rings. The molecule has 1 aliphatic heterocycles. The van der Waals surface area contributed by atoms with Crippen LogP contribution in [0.2, 0.25) is 0 Å². The van der Waals surface area contributed by atoms with Gasteiger partial charge in [0.25, 0.3) is 0 Å². The van der Waals surface area contributed by atoms with Gasteiger partial charge >= 0.3 is 5.97 Å².